The quantitative estimate of drug-likeness (QED) is 0.328. The molecule has 1 aromatic heterocycles. The topological polar surface area (TPSA) is 79.1 Å². The van der Waals surface area contributed by atoms with E-state index in [-0.39, 0.29) is 12.2 Å². The molecule has 1 atom stereocenters. The molecule has 0 saturated heterocycles. The van der Waals surface area contributed by atoms with Crippen molar-refractivity contribution in [3.05, 3.63) is 102 Å². The van der Waals surface area contributed by atoms with Crippen LogP contribution in [0.4, 0.5) is 0 Å². The van der Waals surface area contributed by atoms with E-state index in [1.54, 1.807) is 28.9 Å². The van der Waals surface area contributed by atoms with Gasteiger partial charge in [-0.3, -0.25) is 9.36 Å². The molecule has 9 heteroatoms. The number of carbonyl (C=O) groups excluding carboxylic acids is 1. The number of benzene rings is 2. The van der Waals surface area contributed by atoms with Gasteiger partial charge in [-0.15, -0.1) is 0 Å². The minimum atomic E-state index is -0.653. The SMILES string of the molecule is C=CCOc1c(Cl)cc(/C=c2\sc3n(c2=O)[C@H](c2ccccc2)C(C(=O)OC)=C(CC)N=3)cc1OC. The zero-order valence-corrected chi connectivity index (χ0v) is 21.7. The van der Waals surface area contributed by atoms with Crippen LogP contribution in [0.1, 0.15) is 30.5 Å². The number of aromatic nitrogens is 1. The molecule has 36 heavy (non-hydrogen) atoms. The monoisotopic (exact) mass is 524 g/mol. The number of thiazole rings is 1. The van der Waals surface area contributed by atoms with Crippen molar-refractivity contribution < 1.29 is 19.0 Å². The van der Waals surface area contributed by atoms with E-state index in [9.17, 15) is 9.59 Å². The summed E-state index contributed by atoms with van der Waals surface area (Å²) in [6.45, 7) is 5.84. The summed E-state index contributed by atoms with van der Waals surface area (Å²) in [6.07, 6.45) is 3.85. The Morgan fingerprint density at radius 3 is 2.64 bits per heavy atom. The zero-order valence-electron chi connectivity index (χ0n) is 20.1. The molecule has 0 spiro atoms. The summed E-state index contributed by atoms with van der Waals surface area (Å²) in [6, 6.07) is 12.2. The van der Waals surface area contributed by atoms with Crippen LogP contribution in [-0.4, -0.2) is 31.4 Å². The van der Waals surface area contributed by atoms with Gasteiger partial charge in [0, 0.05) is 0 Å². The van der Waals surface area contributed by atoms with Crippen LogP contribution in [-0.2, 0) is 9.53 Å². The molecule has 186 valence electrons. The maximum Gasteiger partial charge on any atom is 0.338 e. The van der Waals surface area contributed by atoms with Crippen molar-refractivity contribution in [3.8, 4) is 11.5 Å². The average molecular weight is 525 g/mol. The van der Waals surface area contributed by atoms with E-state index in [0.29, 0.717) is 49.1 Å². The number of halogens is 1. The summed E-state index contributed by atoms with van der Waals surface area (Å²) in [4.78, 5) is 31.7. The Hall–Kier alpha value is -3.62. The summed E-state index contributed by atoms with van der Waals surface area (Å²) >= 11 is 7.70. The lowest BCUT2D eigenvalue weighted by Crippen LogP contribution is -2.40. The first-order valence-corrected chi connectivity index (χ1v) is 12.4. The standard InChI is InChI=1S/C27H25ClN2O5S/c1-5-12-35-24-18(28)13-16(14-20(24)33-3)15-21-25(31)30-23(17-10-8-7-9-11-17)22(26(32)34-4)19(6-2)29-27(30)36-21/h5,7-11,13-15,23H,1,6,12H2,2-4H3/b21-15-/t23-/m1/s1. The molecule has 1 aliphatic rings. The second-order valence-electron chi connectivity index (χ2n) is 7.83. The summed E-state index contributed by atoms with van der Waals surface area (Å²) < 4.78 is 18.1. The lowest BCUT2D eigenvalue weighted by atomic mass is 9.95. The molecule has 3 aromatic rings. The van der Waals surface area contributed by atoms with Gasteiger partial charge < -0.3 is 14.2 Å². The van der Waals surface area contributed by atoms with E-state index in [2.05, 4.69) is 11.6 Å². The number of esters is 1. The highest BCUT2D eigenvalue weighted by Gasteiger charge is 2.33. The highest BCUT2D eigenvalue weighted by Crippen LogP contribution is 2.37. The number of hydrogen-bond acceptors (Lipinski definition) is 7. The van der Waals surface area contributed by atoms with Gasteiger partial charge in [-0.05, 0) is 35.8 Å². The summed E-state index contributed by atoms with van der Waals surface area (Å²) in [5, 5.41) is 0.346. The average Bonchev–Trinajstić information content (AvgIpc) is 3.20. The van der Waals surface area contributed by atoms with Crippen molar-refractivity contribution in [3.63, 3.8) is 0 Å². The first-order chi connectivity index (χ1) is 17.4. The third-order valence-electron chi connectivity index (χ3n) is 5.66. The Morgan fingerprint density at radius 1 is 1.25 bits per heavy atom. The lowest BCUT2D eigenvalue weighted by Gasteiger charge is -2.25. The number of hydrogen-bond donors (Lipinski definition) is 0. The molecule has 0 aliphatic carbocycles. The third-order valence-corrected chi connectivity index (χ3v) is 6.92. The first kappa shape index (κ1) is 25.5. The van der Waals surface area contributed by atoms with Crippen LogP contribution in [0.2, 0.25) is 5.02 Å². The zero-order chi connectivity index (χ0) is 25.8. The van der Waals surface area contributed by atoms with Crippen molar-refractivity contribution in [1.29, 1.82) is 0 Å². The Labute approximate surface area is 217 Å². The Kier molecular flexibility index (Phi) is 7.76. The van der Waals surface area contributed by atoms with Gasteiger partial charge >= 0.3 is 5.97 Å². The van der Waals surface area contributed by atoms with E-state index >= 15 is 0 Å². The van der Waals surface area contributed by atoms with Gasteiger partial charge in [-0.25, -0.2) is 9.79 Å². The normalized spacial score (nSPS) is 15.2. The highest BCUT2D eigenvalue weighted by atomic mass is 35.5. The Bertz CT molecular complexity index is 1520. The number of methoxy groups -OCH3 is 2. The van der Waals surface area contributed by atoms with Crippen molar-refractivity contribution >= 4 is 35.0 Å². The molecule has 4 rings (SSSR count). The predicted molar refractivity (Wildman–Crippen MR) is 141 cm³/mol. The molecule has 0 unspecified atom stereocenters. The molecular formula is C27H25ClN2O5S. The lowest BCUT2D eigenvalue weighted by molar-refractivity contribution is -0.136. The number of fused-ring (bicyclic) bond motifs is 1. The van der Waals surface area contributed by atoms with Crippen LogP contribution < -0.4 is 24.4 Å². The maximum absolute atomic E-state index is 13.7. The van der Waals surface area contributed by atoms with E-state index in [0.717, 1.165) is 5.56 Å². The number of rotatable bonds is 8. The molecule has 7 nitrogen and oxygen atoms in total. The van der Waals surface area contributed by atoms with Crippen LogP contribution in [0, 0.1) is 0 Å². The number of ether oxygens (including phenoxy) is 3. The van der Waals surface area contributed by atoms with Gasteiger partial charge in [0.2, 0.25) is 0 Å². The van der Waals surface area contributed by atoms with Gasteiger partial charge in [0.15, 0.2) is 16.3 Å². The molecule has 0 N–H and O–H groups in total. The molecule has 1 aliphatic heterocycles. The first-order valence-electron chi connectivity index (χ1n) is 11.2. The highest BCUT2D eigenvalue weighted by molar-refractivity contribution is 7.07. The number of nitrogens with zero attached hydrogens (tertiary/aromatic N) is 2. The van der Waals surface area contributed by atoms with Crippen molar-refractivity contribution in [2.45, 2.75) is 19.4 Å². The van der Waals surface area contributed by atoms with Gasteiger partial charge in [-0.1, -0.05) is 72.8 Å². The number of allylic oxidation sites excluding steroid dienone is 1. The van der Waals surface area contributed by atoms with E-state index in [1.165, 1.54) is 25.6 Å². The van der Waals surface area contributed by atoms with E-state index < -0.39 is 12.0 Å². The molecule has 0 saturated carbocycles. The second-order valence-corrected chi connectivity index (χ2v) is 9.25. The van der Waals surface area contributed by atoms with Crippen molar-refractivity contribution in [1.82, 2.24) is 4.57 Å². The summed E-state index contributed by atoms with van der Waals surface area (Å²) in [7, 11) is 2.85. The smallest absolute Gasteiger partial charge is 0.338 e. The fourth-order valence-electron chi connectivity index (χ4n) is 4.07. The van der Waals surface area contributed by atoms with Crippen LogP contribution in [0.5, 0.6) is 11.5 Å². The maximum atomic E-state index is 13.7. The van der Waals surface area contributed by atoms with Gasteiger partial charge in [0.05, 0.1) is 41.1 Å². The largest absolute Gasteiger partial charge is 0.493 e. The van der Waals surface area contributed by atoms with E-state index in [4.69, 9.17) is 25.8 Å². The van der Waals surface area contributed by atoms with Crippen LogP contribution in [0.15, 0.2) is 76.2 Å². The van der Waals surface area contributed by atoms with Gasteiger partial charge in [-0.2, -0.15) is 0 Å². The third kappa shape index (κ3) is 4.74. The van der Waals surface area contributed by atoms with Crippen molar-refractivity contribution in [2.75, 3.05) is 20.8 Å². The molecule has 2 aromatic carbocycles. The summed E-state index contributed by atoms with van der Waals surface area (Å²) in [5.41, 5.74) is 2.13. The molecule has 0 bridgehead atoms. The molecule has 0 fully saturated rings. The fraction of sp³-hybridized carbons (Fsp3) is 0.222. The minimum absolute atomic E-state index is 0.272. The predicted octanol–water partition coefficient (Wildman–Crippen LogP) is 4.03. The second kappa shape index (κ2) is 11.0. The minimum Gasteiger partial charge on any atom is -0.493 e. The molecule has 2 heterocycles. The van der Waals surface area contributed by atoms with Crippen molar-refractivity contribution in [2.24, 2.45) is 4.99 Å². The Morgan fingerprint density at radius 2 is 2.00 bits per heavy atom. The number of carbonyl (C=O) groups is 1. The van der Waals surface area contributed by atoms with Crippen LogP contribution >= 0.6 is 22.9 Å². The fourth-order valence-corrected chi connectivity index (χ4v) is 5.37. The Balaban J connectivity index is 1.93. The van der Waals surface area contributed by atoms with E-state index in [1.807, 2.05) is 37.3 Å². The molecule has 0 amide bonds. The van der Waals surface area contributed by atoms with Crippen LogP contribution in [0.25, 0.3) is 6.08 Å². The van der Waals surface area contributed by atoms with Gasteiger partial charge in [0.1, 0.15) is 6.61 Å². The summed E-state index contributed by atoms with van der Waals surface area (Å²) in [5.74, 6) is 0.328. The van der Waals surface area contributed by atoms with Crippen LogP contribution in [0.3, 0.4) is 0 Å². The molecule has 0 radical (unpaired) electrons. The van der Waals surface area contributed by atoms with Gasteiger partial charge in [0.25, 0.3) is 5.56 Å². The molecular weight excluding hydrogens is 500 g/mol.